The third kappa shape index (κ3) is 6.85. The van der Waals surface area contributed by atoms with Gasteiger partial charge in [-0.05, 0) is 51.8 Å². The zero-order valence-corrected chi connectivity index (χ0v) is 24.1. The Morgan fingerprint density at radius 2 is 1.78 bits per heavy atom. The van der Waals surface area contributed by atoms with Crippen LogP contribution in [0.4, 0.5) is 0 Å². The molecular weight excluding hydrogens is 572 g/mol. The number of hydrogen-bond acceptors (Lipinski definition) is 7. The molecule has 0 N–H and O–H groups in total. The lowest BCUT2D eigenvalue weighted by molar-refractivity contribution is 0.0622. The van der Waals surface area contributed by atoms with Gasteiger partial charge in [-0.15, -0.1) is 24.8 Å². The highest BCUT2D eigenvalue weighted by Crippen LogP contribution is 2.31. The first-order chi connectivity index (χ1) is 16.2. The first kappa shape index (κ1) is 31.1. The van der Waals surface area contributed by atoms with Crippen LogP contribution in [-0.2, 0) is 23.0 Å². The second-order valence-electron chi connectivity index (χ2n) is 8.89. The first-order valence-electron chi connectivity index (χ1n) is 11.3. The van der Waals surface area contributed by atoms with Crippen molar-refractivity contribution < 1.29 is 17.7 Å². The van der Waals surface area contributed by atoms with Crippen LogP contribution in [0.25, 0.3) is 0 Å². The first-order valence-corrected chi connectivity index (χ1v) is 13.5. The minimum atomic E-state index is -3.83. The number of hydrogen-bond donors (Lipinski definition) is 0. The molecule has 1 amide bonds. The van der Waals surface area contributed by atoms with Crippen LogP contribution in [-0.4, -0.2) is 98.4 Å². The average molecular weight is 603 g/mol. The van der Waals surface area contributed by atoms with E-state index in [1.54, 1.807) is 4.90 Å². The zero-order chi connectivity index (χ0) is 24.5. The molecule has 0 atom stereocenters. The Kier molecular flexibility index (Phi) is 11.3. The summed E-state index contributed by atoms with van der Waals surface area (Å²) in [6.45, 7) is 5.10. The summed E-state index contributed by atoms with van der Waals surface area (Å²) in [4.78, 5) is 19.6. The largest absolute Gasteiger partial charge is 0.360 e. The number of benzene rings is 1. The van der Waals surface area contributed by atoms with E-state index in [0.717, 1.165) is 32.6 Å². The van der Waals surface area contributed by atoms with Gasteiger partial charge in [0.25, 0.3) is 5.91 Å². The fourth-order valence-corrected chi connectivity index (χ4v) is 6.08. The van der Waals surface area contributed by atoms with Crippen LogP contribution in [0.15, 0.2) is 27.6 Å². The molecule has 1 saturated heterocycles. The highest BCUT2D eigenvalue weighted by Gasteiger charge is 2.35. The van der Waals surface area contributed by atoms with Gasteiger partial charge in [-0.1, -0.05) is 28.4 Å². The van der Waals surface area contributed by atoms with Crippen LogP contribution in [0.1, 0.15) is 28.2 Å². The van der Waals surface area contributed by atoms with Gasteiger partial charge >= 0.3 is 0 Å². The van der Waals surface area contributed by atoms with E-state index in [1.165, 1.54) is 22.5 Å². The van der Waals surface area contributed by atoms with Gasteiger partial charge in [0, 0.05) is 51.3 Å². The maximum Gasteiger partial charge on any atom is 0.276 e. The molecule has 0 aliphatic carbocycles. The number of halogens is 4. The summed E-state index contributed by atoms with van der Waals surface area (Å²) in [6.07, 6.45) is 1.43. The Hall–Kier alpha value is -1.11. The van der Waals surface area contributed by atoms with Crippen LogP contribution < -0.4 is 0 Å². The second kappa shape index (κ2) is 13.1. The Morgan fingerprint density at radius 3 is 2.42 bits per heavy atom. The minimum absolute atomic E-state index is 0. The van der Waals surface area contributed by atoms with Crippen LogP contribution in [0, 0.1) is 0 Å². The van der Waals surface area contributed by atoms with Crippen LogP contribution in [0.5, 0.6) is 0 Å². The SMILES string of the molecule is CN(C)CCCN1CCN(C(=O)c2noc3c2CN(S(=O)(=O)c2ccc(Cl)c(Cl)c2)CC3)CC1.Cl.Cl. The topological polar surface area (TPSA) is 90.2 Å². The van der Waals surface area contributed by atoms with Crippen molar-refractivity contribution in [2.75, 3.05) is 59.9 Å². The number of rotatable bonds is 7. The Bertz CT molecular complexity index is 1150. The van der Waals surface area contributed by atoms with Gasteiger partial charge in [-0.2, -0.15) is 4.31 Å². The summed E-state index contributed by atoms with van der Waals surface area (Å²) in [5.74, 6) is 0.345. The van der Waals surface area contributed by atoms with Crippen molar-refractivity contribution in [1.82, 2.24) is 24.2 Å². The molecule has 0 radical (unpaired) electrons. The lowest BCUT2D eigenvalue weighted by atomic mass is 10.1. The van der Waals surface area contributed by atoms with E-state index in [2.05, 4.69) is 29.1 Å². The Balaban J connectivity index is 0.00000228. The highest BCUT2D eigenvalue weighted by atomic mass is 35.5. The predicted octanol–water partition coefficient (Wildman–Crippen LogP) is 3.28. The third-order valence-corrected chi connectivity index (χ3v) is 8.84. The molecule has 14 heteroatoms. The number of nitrogens with zero attached hydrogens (tertiary/aromatic N) is 5. The molecule has 0 unspecified atom stereocenters. The van der Waals surface area contributed by atoms with Gasteiger partial charge in [0.2, 0.25) is 10.0 Å². The number of sulfonamides is 1. The molecule has 9 nitrogen and oxygen atoms in total. The van der Waals surface area contributed by atoms with Crippen LogP contribution in [0.3, 0.4) is 0 Å². The van der Waals surface area contributed by atoms with Crippen molar-refractivity contribution in [3.05, 3.63) is 45.3 Å². The fraction of sp³-hybridized carbons (Fsp3) is 0.545. The number of carbonyl (C=O) groups excluding carboxylic acids is 1. The molecular formula is C22H31Cl4N5O4S. The van der Waals surface area contributed by atoms with E-state index < -0.39 is 10.0 Å². The molecule has 4 rings (SSSR count). The van der Waals surface area contributed by atoms with Crippen molar-refractivity contribution in [3.8, 4) is 0 Å². The van der Waals surface area contributed by atoms with Gasteiger partial charge < -0.3 is 14.3 Å². The third-order valence-electron chi connectivity index (χ3n) is 6.26. The standard InChI is InChI=1S/C22H29Cl2N5O4S.2ClH/c1-26(2)7-3-8-27-10-12-28(13-11-27)22(30)21-17-15-29(9-6-20(17)33-25-21)34(31,32)16-4-5-18(23)19(24)14-16;;/h4-5,14H,3,6-13,15H2,1-2H3;2*1H. The lowest BCUT2D eigenvalue weighted by Crippen LogP contribution is -2.49. The molecule has 36 heavy (non-hydrogen) atoms. The Morgan fingerprint density at radius 1 is 1.08 bits per heavy atom. The summed E-state index contributed by atoms with van der Waals surface area (Å²) in [5.41, 5.74) is 0.735. The highest BCUT2D eigenvalue weighted by molar-refractivity contribution is 7.89. The molecule has 0 bridgehead atoms. The summed E-state index contributed by atoms with van der Waals surface area (Å²) >= 11 is 12.0. The molecule has 1 fully saturated rings. The van der Waals surface area contributed by atoms with E-state index in [0.29, 0.717) is 30.8 Å². The summed E-state index contributed by atoms with van der Waals surface area (Å²) in [6, 6.07) is 4.23. The molecule has 2 aliphatic rings. The van der Waals surface area contributed by atoms with E-state index >= 15 is 0 Å². The molecule has 2 aromatic rings. The normalized spacial score (nSPS) is 16.9. The molecule has 3 heterocycles. The molecule has 0 spiro atoms. The number of fused-ring (bicyclic) bond motifs is 1. The average Bonchev–Trinajstić information content (AvgIpc) is 3.24. The minimum Gasteiger partial charge on any atom is -0.360 e. The van der Waals surface area contributed by atoms with Crippen molar-refractivity contribution in [2.24, 2.45) is 0 Å². The van der Waals surface area contributed by atoms with Gasteiger partial charge in [0.1, 0.15) is 5.76 Å². The summed E-state index contributed by atoms with van der Waals surface area (Å²) in [5, 5.41) is 4.48. The van der Waals surface area contributed by atoms with E-state index in [1.807, 2.05) is 0 Å². The van der Waals surface area contributed by atoms with Gasteiger partial charge in [0.15, 0.2) is 5.69 Å². The van der Waals surface area contributed by atoms with Crippen molar-refractivity contribution in [2.45, 2.75) is 24.3 Å². The molecule has 1 aromatic heterocycles. The quantitative estimate of drug-likeness (QED) is 0.480. The number of piperazine rings is 1. The predicted molar refractivity (Wildman–Crippen MR) is 144 cm³/mol. The number of carbonyl (C=O) groups is 1. The molecule has 0 saturated carbocycles. The molecule has 202 valence electrons. The lowest BCUT2D eigenvalue weighted by Gasteiger charge is -2.34. The second-order valence-corrected chi connectivity index (χ2v) is 11.6. The maximum atomic E-state index is 13.2. The van der Waals surface area contributed by atoms with Crippen molar-refractivity contribution >= 4 is 63.9 Å². The van der Waals surface area contributed by atoms with Crippen molar-refractivity contribution in [1.29, 1.82) is 0 Å². The number of aromatic nitrogens is 1. The van der Waals surface area contributed by atoms with E-state index in [4.69, 9.17) is 27.7 Å². The van der Waals surface area contributed by atoms with Gasteiger partial charge in [-0.3, -0.25) is 9.69 Å². The zero-order valence-electron chi connectivity index (χ0n) is 20.2. The monoisotopic (exact) mass is 601 g/mol. The number of amides is 1. The van der Waals surface area contributed by atoms with Gasteiger partial charge in [-0.25, -0.2) is 8.42 Å². The molecule has 1 aromatic carbocycles. The van der Waals surface area contributed by atoms with E-state index in [-0.39, 0.29) is 64.4 Å². The fourth-order valence-electron chi connectivity index (χ4n) is 4.28. The van der Waals surface area contributed by atoms with Crippen LogP contribution >= 0.6 is 48.0 Å². The van der Waals surface area contributed by atoms with Crippen molar-refractivity contribution in [3.63, 3.8) is 0 Å². The van der Waals surface area contributed by atoms with E-state index in [9.17, 15) is 13.2 Å². The Labute approximate surface area is 234 Å². The molecule has 2 aliphatic heterocycles. The smallest absolute Gasteiger partial charge is 0.276 e. The van der Waals surface area contributed by atoms with Crippen LogP contribution in [0.2, 0.25) is 10.0 Å². The summed E-state index contributed by atoms with van der Waals surface area (Å²) in [7, 11) is 0.298. The van der Waals surface area contributed by atoms with Gasteiger partial charge in [0.05, 0.1) is 14.9 Å². The maximum absolute atomic E-state index is 13.2. The summed E-state index contributed by atoms with van der Waals surface area (Å²) < 4.78 is 33.1.